The molecule has 0 unspecified atom stereocenters. The van der Waals surface area contributed by atoms with Crippen LogP contribution in [-0.4, -0.2) is 0 Å². The topological polar surface area (TPSA) is 33.0 Å². The van der Waals surface area contributed by atoms with Crippen LogP contribution in [0.4, 0.5) is 0 Å². The number of nitrogens with zero attached hydrogens (tertiary/aromatic N) is 1. The number of ether oxygens (including phenoxy) is 1. The van der Waals surface area contributed by atoms with Crippen LogP contribution in [0.15, 0.2) is 48.5 Å². The van der Waals surface area contributed by atoms with Crippen molar-refractivity contribution >= 4 is 0 Å². The van der Waals surface area contributed by atoms with E-state index in [1.807, 2.05) is 48.5 Å². The van der Waals surface area contributed by atoms with E-state index in [1.165, 1.54) is 12.8 Å². The molecule has 0 aliphatic heterocycles. The quantitative estimate of drug-likeness (QED) is 0.797. The Hall–Kier alpha value is -2.27. The lowest BCUT2D eigenvalue weighted by Gasteiger charge is -2.10. The summed E-state index contributed by atoms with van der Waals surface area (Å²) in [5, 5.41) is 8.95. The molecule has 2 aromatic carbocycles. The molecule has 18 heavy (non-hydrogen) atoms. The van der Waals surface area contributed by atoms with Crippen molar-refractivity contribution in [2.75, 3.05) is 0 Å². The van der Waals surface area contributed by atoms with Crippen LogP contribution in [-0.2, 0) is 0 Å². The molecule has 0 aromatic heterocycles. The van der Waals surface area contributed by atoms with Gasteiger partial charge in [-0.2, -0.15) is 5.26 Å². The molecule has 0 atom stereocenters. The third-order valence-electron chi connectivity index (χ3n) is 3.13. The number of para-hydroxylation sites is 1. The van der Waals surface area contributed by atoms with Crippen LogP contribution in [0.25, 0.3) is 0 Å². The molecular formula is C16H13NO. The van der Waals surface area contributed by atoms with Gasteiger partial charge in [-0.15, -0.1) is 0 Å². The molecule has 2 aromatic rings. The summed E-state index contributed by atoms with van der Waals surface area (Å²) in [5.74, 6) is 2.28. The van der Waals surface area contributed by atoms with E-state index >= 15 is 0 Å². The van der Waals surface area contributed by atoms with Crippen LogP contribution in [0.1, 0.15) is 29.9 Å². The van der Waals surface area contributed by atoms with E-state index < -0.39 is 0 Å². The fourth-order valence-electron chi connectivity index (χ4n) is 2.04. The minimum atomic E-state index is 0.567. The van der Waals surface area contributed by atoms with Gasteiger partial charge in [0, 0.05) is 0 Å². The highest BCUT2D eigenvalue weighted by atomic mass is 16.5. The van der Waals surface area contributed by atoms with E-state index in [9.17, 15) is 0 Å². The van der Waals surface area contributed by atoms with Gasteiger partial charge < -0.3 is 4.74 Å². The zero-order valence-corrected chi connectivity index (χ0v) is 9.97. The summed E-state index contributed by atoms with van der Waals surface area (Å²) in [6.07, 6.45) is 2.39. The molecule has 2 heteroatoms. The predicted molar refractivity (Wildman–Crippen MR) is 69.6 cm³/mol. The van der Waals surface area contributed by atoms with Crippen molar-refractivity contribution in [3.63, 3.8) is 0 Å². The van der Waals surface area contributed by atoms with Gasteiger partial charge >= 0.3 is 0 Å². The highest BCUT2D eigenvalue weighted by molar-refractivity contribution is 5.47. The zero-order valence-electron chi connectivity index (χ0n) is 9.97. The van der Waals surface area contributed by atoms with E-state index in [0.29, 0.717) is 11.5 Å². The van der Waals surface area contributed by atoms with E-state index in [1.54, 1.807) is 0 Å². The molecule has 0 amide bonds. The monoisotopic (exact) mass is 235 g/mol. The maximum atomic E-state index is 8.95. The van der Waals surface area contributed by atoms with Gasteiger partial charge in [-0.25, -0.2) is 0 Å². The summed E-state index contributed by atoms with van der Waals surface area (Å²) in [5.41, 5.74) is 1.87. The Kier molecular flexibility index (Phi) is 2.74. The Morgan fingerprint density at radius 1 is 1.06 bits per heavy atom. The van der Waals surface area contributed by atoms with E-state index in [4.69, 9.17) is 10.00 Å². The molecule has 0 N–H and O–H groups in total. The summed E-state index contributed by atoms with van der Waals surface area (Å²) >= 11 is 0. The Bertz CT molecular complexity index is 594. The van der Waals surface area contributed by atoms with Crippen molar-refractivity contribution in [1.82, 2.24) is 0 Å². The number of hydrogen-bond acceptors (Lipinski definition) is 2. The van der Waals surface area contributed by atoms with Crippen LogP contribution in [0, 0.1) is 11.3 Å². The van der Waals surface area contributed by atoms with Gasteiger partial charge in [0.05, 0.1) is 11.6 Å². The Morgan fingerprint density at radius 3 is 2.50 bits per heavy atom. The summed E-state index contributed by atoms with van der Waals surface area (Å²) in [6, 6.07) is 17.6. The van der Waals surface area contributed by atoms with Gasteiger partial charge in [-0.05, 0) is 54.7 Å². The standard InChI is InChI=1S/C16H13NO/c17-11-12-6-9-16(15(10-12)13-7-8-13)18-14-4-2-1-3-5-14/h1-6,9-10,13H,7-8H2. The summed E-state index contributed by atoms with van der Waals surface area (Å²) < 4.78 is 5.90. The van der Waals surface area contributed by atoms with Crippen molar-refractivity contribution in [2.45, 2.75) is 18.8 Å². The average molecular weight is 235 g/mol. The number of nitriles is 1. The second kappa shape index (κ2) is 4.54. The summed E-state index contributed by atoms with van der Waals surface area (Å²) in [4.78, 5) is 0. The SMILES string of the molecule is N#Cc1ccc(Oc2ccccc2)c(C2CC2)c1. The average Bonchev–Trinajstić information content (AvgIpc) is 3.25. The molecule has 0 radical (unpaired) electrons. The Morgan fingerprint density at radius 2 is 1.83 bits per heavy atom. The zero-order chi connectivity index (χ0) is 12.4. The first-order valence-electron chi connectivity index (χ1n) is 6.14. The number of hydrogen-bond donors (Lipinski definition) is 0. The minimum absolute atomic E-state index is 0.567. The molecule has 1 saturated carbocycles. The van der Waals surface area contributed by atoms with Crippen molar-refractivity contribution in [3.8, 4) is 17.6 Å². The van der Waals surface area contributed by atoms with Gasteiger partial charge in [0.25, 0.3) is 0 Å². The van der Waals surface area contributed by atoms with Gasteiger partial charge in [0.15, 0.2) is 0 Å². The van der Waals surface area contributed by atoms with Crippen molar-refractivity contribution in [2.24, 2.45) is 0 Å². The maximum Gasteiger partial charge on any atom is 0.130 e. The number of benzene rings is 2. The summed E-state index contributed by atoms with van der Waals surface area (Å²) in [6.45, 7) is 0. The molecule has 0 saturated heterocycles. The van der Waals surface area contributed by atoms with Crippen molar-refractivity contribution < 1.29 is 4.74 Å². The number of rotatable bonds is 3. The molecule has 0 bridgehead atoms. The third kappa shape index (κ3) is 2.21. The minimum Gasteiger partial charge on any atom is -0.457 e. The van der Waals surface area contributed by atoms with E-state index in [0.717, 1.165) is 17.1 Å². The first kappa shape index (κ1) is 10.9. The molecule has 2 nitrogen and oxygen atoms in total. The fourth-order valence-corrected chi connectivity index (χ4v) is 2.04. The Labute approximate surface area is 106 Å². The molecule has 1 fully saturated rings. The smallest absolute Gasteiger partial charge is 0.130 e. The van der Waals surface area contributed by atoms with Gasteiger partial charge in [-0.1, -0.05) is 18.2 Å². The van der Waals surface area contributed by atoms with Gasteiger partial charge in [0.1, 0.15) is 11.5 Å². The Balaban J connectivity index is 1.94. The molecule has 0 heterocycles. The van der Waals surface area contributed by atoms with Crippen LogP contribution >= 0.6 is 0 Å². The van der Waals surface area contributed by atoms with Crippen LogP contribution < -0.4 is 4.74 Å². The van der Waals surface area contributed by atoms with Crippen LogP contribution in [0.2, 0.25) is 0 Å². The van der Waals surface area contributed by atoms with Crippen LogP contribution in [0.5, 0.6) is 11.5 Å². The van der Waals surface area contributed by atoms with Crippen molar-refractivity contribution in [1.29, 1.82) is 5.26 Å². The molecule has 1 aliphatic carbocycles. The first-order valence-corrected chi connectivity index (χ1v) is 6.14. The maximum absolute atomic E-state index is 8.95. The second-order valence-corrected chi connectivity index (χ2v) is 4.55. The lowest BCUT2D eigenvalue weighted by Crippen LogP contribution is -1.91. The largest absolute Gasteiger partial charge is 0.457 e. The lowest BCUT2D eigenvalue weighted by atomic mass is 10.1. The normalized spacial score (nSPS) is 13.9. The fraction of sp³-hybridized carbons (Fsp3) is 0.188. The molecule has 0 spiro atoms. The lowest BCUT2D eigenvalue weighted by molar-refractivity contribution is 0.476. The van der Waals surface area contributed by atoms with Crippen LogP contribution in [0.3, 0.4) is 0 Å². The molecule has 88 valence electrons. The van der Waals surface area contributed by atoms with Crippen molar-refractivity contribution in [3.05, 3.63) is 59.7 Å². The predicted octanol–water partition coefficient (Wildman–Crippen LogP) is 4.23. The first-order chi connectivity index (χ1) is 8.86. The second-order valence-electron chi connectivity index (χ2n) is 4.55. The highest BCUT2D eigenvalue weighted by Crippen LogP contribution is 2.45. The molecule has 1 aliphatic rings. The summed E-state index contributed by atoms with van der Waals surface area (Å²) in [7, 11) is 0. The molecular weight excluding hydrogens is 222 g/mol. The van der Waals surface area contributed by atoms with Gasteiger partial charge in [0.2, 0.25) is 0 Å². The van der Waals surface area contributed by atoms with E-state index in [2.05, 4.69) is 6.07 Å². The van der Waals surface area contributed by atoms with Gasteiger partial charge in [-0.3, -0.25) is 0 Å². The molecule has 3 rings (SSSR count). The highest BCUT2D eigenvalue weighted by Gasteiger charge is 2.27. The van der Waals surface area contributed by atoms with E-state index in [-0.39, 0.29) is 0 Å². The third-order valence-corrected chi connectivity index (χ3v) is 3.13.